The van der Waals surface area contributed by atoms with Crippen molar-refractivity contribution >= 4 is 15.7 Å². The molecule has 20 heavy (non-hydrogen) atoms. The van der Waals surface area contributed by atoms with E-state index in [9.17, 15) is 13.2 Å². The highest BCUT2D eigenvalue weighted by molar-refractivity contribution is 7.94. The van der Waals surface area contributed by atoms with Crippen molar-refractivity contribution in [1.29, 1.82) is 0 Å². The van der Waals surface area contributed by atoms with Crippen molar-refractivity contribution in [3.8, 4) is 0 Å². The van der Waals surface area contributed by atoms with Gasteiger partial charge in [-0.25, -0.2) is 8.42 Å². The number of nitrogens with one attached hydrogen (secondary N) is 2. The molecule has 0 saturated carbocycles. The quantitative estimate of drug-likeness (QED) is 0.737. The molecule has 104 valence electrons. The van der Waals surface area contributed by atoms with Crippen molar-refractivity contribution in [2.24, 2.45) is 0 Å². The molecular formula is C11H11N5O3S. The zero-order valence-electron chi connectivity index (χ0n) is 10.2. The van der Waals surface area contributed by atoms with Crippen molar-refractivity contribution in [3.05, 3.63) is 47.6 Å². The van der Waals surface area contributed by atoms with E-state index in [-0.39, 0.29) is 11.4 Å². The van der Waals surface area contributed by atoms with Crippen LogP contribution in [0.5, 0.6) is 0 Å². The molecule has 0 aliphatic carbocycles. The largest absolute Gasteiger partial charge is 0.345 e. The number of carbonyl (C=O) groups excluding carboxylic acids is 1. The van der Waals surface area contributed by atoms with Gasteiger partial charge in [-0.05, 0) is 12.1 Å². The number of rotatable bonds is 5. The molecule has 0 atom stereocenters. The molecule has 8 nitrogen and oxygen atoms in total. The van der Waals surface area contributed by atoms with E-state index in [1.165, 1.54) is 12.1 Å². The first-order valence-corrected chi connectivity index (χ1v) is 7.11. The van der Waals surface area contributed by atoms with E-state index in [0.717, 1.165) is 11.5 Å². The van der Waals surface area contributed by atoms with Gasteiger partial charge in [0.25, 0.3) is 0 Å². The lowest BCUT2D eigenvalue weighted by molar-refractivity contribution is -0.116. The van der Waals surface area contributed by atoms with Crippen LogP contribution in [-0.4, -0.2) is 34.9 Å². The SMILES string of the molecule is O=C(C=CS(=O)(=O)c1ccccc1)NCc1nn[nH]n1. The van der Waals surface area contributed by atoms with Gasteiger partial charge in [-0.15, -0.1) is 10.2 Å². The van der Waals surface area contributed by atoms with Gasteiger partial charge >= 0.3 is 0 Å². The van der Waals surface area contributed by atoms with Crippen molar-refractivity contribution in [1.82, 2.24) is 25.9 Å². The second-order valence-electron chi connectivity index (χ2n) is 3.71. The van der Waals surface area contributed by atoms with E-state index in [0.29, 0.717) is 5.82 Å². The Balaban J connectivity index is 1.96. The fourth-order valence-electron chi connectivity index (χ4n) is 1.32. The molecule has 0 unspecified atom stereocenters. The zero-order valence-corrected chi connectivity index (χ0v) is 11.0. The molecule has 0 aliphatic heterocycles. The number of sulfone groups is 1. The number of nitrogens with zero attached hydrogens (tertiary/aromatic N) is 3. The molecule has 1 heterocycles. The summed E-state index contributed by atoms with van der Waals surface area (Å²) in [7, 11) is -3.62. The van der Waals surface area contributed by atoms with Crippen LogP contribution in [0, 0.1) is 0 Å². The summed E-state index contributed by atoms with van der Waals surface area (Å²) in [5.41, 5.74) is 0. The molecule has 2 N–H and O–H groups in total. The maximum absolute atomic E-state index is 11.9. The van der Waals surface area contributed by atoms with Gasteiger partial charge < -0.3 is 5.32 Å². The summed E-state index contributed by atoms with van der Waals surface area (Å²) < 4.78 is 23.7. The molecule has 2 rings (SSSR count). The molecule has 2 aromatic rings. The van der Waals surface area contributed by atoms with Crippen molar-refractivity contribution in [2.45, 2.75) is 11.4 Å². The normalized spacial score (nSPS) is 11.6. The summed E-state index contributed by atoms with van der Waals surface area (Å²) in [6.45, 7) is 0.0606. The van der Waals surface area contributed by atoms with Gasteiger partial charge in [0.1, 0.15) is 0 Å². The van der Waals surface area contributed by atoms with Crippen LogP contribution >= 0.6 is 0 Å². The van der Waals surface area contributed by atoms with Crippen LogP contribution in [0.15, 0.2) is 46.7 Å². The third kappa shape index (κ3) is 3.72. The lowest BCUT2D eigenvalue weighted by Crippen LogP contribution is -2.21. The number of aromatic nitrogens is 4. The third-order valence-electron chi connectivity index (χ3n) is 2.28. The second kappa shape index (κ2) is 6.06. The van der Waals surface area contributed by atoms with Crippen molar-refractivity contribution in [2.75, 3.05) is 0 Å². The summed E-state index contributed by atoms with van der Waals surface area (Å²) in [4.78, 5) is 11.6. The molecule has 0 saturated heterocycles. The number of benzene rings is 1. The fourth-order valence-corrected chi connectivity index (χ4v) is 2.32. The van der Waals surface area contributed by atoms with Crippen LogP contribution in [0.2, 0.25) is 0 Å². The highest BCUT2D eigenvalue weighted by Crippen LogP contribution is 2.10. The van der Waals surface area contributed by atoms with E-state index in [1.54, 1.807) is 18.2 Å². The molecule has 0 spiro atoms. The Kier molecular flexibility index (Phi) is 4.20. The molecule has 0 bridgehead atoms. The summed E-state index contributed by atoms with van der Waals surface area (Å²) in [6, 6.07) is 7.84. The summed E-state index contributed by atoms with van der Waals surface area (Å²) >= 11 is 0. The monoisotopic (exact) mass is 293 g/mol. The highest BCUT2D eigenvalue weighted by Gasteiger charge is 2.10. The Hall–Kier alpha value is -2.55. The number of aromatic amines is 1. The first kappa shape index (κ1) is 13.9. The van der Waals surface area contributed by atoms with Gasteiger partial charge in [0.2, 0.25) is 5.91 Å². The van der Waals surface area contributed by atoms with Crippen LogP contribution in [0.1, 0.15) is 5.82 Å². The summed E-state index contributed by atoms with van der Waals surface area (Å²) in [6.07, 6.45) is 0.947. The van der Waals surface area contributed by atoms with E-state index in [2.05, 4.69) is 25.9 Å². The summed E-state index contributed by atoms with van der Waals surface area (Å²) in [5, 5.41) is 16.1. The molecule has 9 heteroatoms. The average molecular weight is 293 g/mol. The molecule has 0 fully saturated rings. The molecule has 1 amide bonds. The van der Waals surface area contributed by atoms with Gasteiger partial charge in [0.15, 0.2) is 15.7 Å². The van der Waals surface area contributed by atoms with Crippen LogP contribution in [-0.2, 0) is 21.2 Å². The minimum atomic E-state index is -3.62. The predicted molar refractivity (Wildman–Crippen MR) is 68.8 cm³/mol. The molecule has 0 radical (unpaired) electrons. The Morgan fingerprint density at radius 1 is 1.30 bits per heavy atom. The van der Waals surface area contributed by atoms with Crippen LogP contribution in [0.4, 0.5) is 0 Å². The lowest BCUT2D eigenvalue weighted by Gasteiger charge is -1.99. The van der Waals surface area contributed by atoms with Crippen molar-refractivity contribution in [3.63, 3.8) is 0 Å². The van der Waals surface area contributed by atoms with Gasteiger partial charge in [-0.2, -0.15) is 5.21 Å². The van der Waals surface area contributed by atoms with Gasteiger partial charge in [0, 0.05) is 11.5 Å². The van der Waals surface area contributed by atoms with Gasteiger partial charge in [-0.1, -0.05) is 23.4 Å². The first-order valence-electron chi connectivity index (χ1n) is 5.56. The minimum Gasteiger partial charge on any atom is -0.345 e. The highest BCUT2D eigenvalue weighted by atomic mass is 32.2. The van der Waals surface area contributed by atoms with E-state index in [1.807, 2.05) is 0 Å². The number of tetrazole rings is 1. The Morgan fingerprint density at radius 3 is 2.70 bits per heavy atom. The Bertz CT molecular complexity index is 695. The molecule has 1 aromatic carbocycles. The Morgan fingerprint density at radius 2 is 2.05 bits per heavy atom. The average Bonchev–Trinajstić information content (AvgIpc) is 2.97. The second-order valence-corrected chi connectivity index (χ2v) is 5.54. The van der Waals surface area contributed by atoms with Gasteiger partial charge in [-0.3, -0.25) is 4.79 Å². The minimum absolute atomic E-state index is 0.0606. The lowest BCUT2D eigenvalue weighted by atomic mass is 10.4. The third-order valence-corrected chi connectivity index (χ3v) is 3.70. The predicted octanol–water partition coefficient (Wildman–Crippen LogP) is -0.197. The number of amides is 1. The topological polar surface area (TPSA) is 118 Å². The van der Waals surface area contributed by atoms with E-state index >= 15 is 0 Å². The maximum atomic E-state index is 11.9. The number of carbonyl (C=O) groups is 1. The number of hydrogen-bond donors (Lipinski definition) is 2. The maximum Gasteiger partial charge on any atom is 0.245 e. The van der Waals surface area contributed by atoms with Crippen LogP contribution in [0.25, 0.3) is 0 Å². The molecule has 0 aliphatic rings. The summed E-state index contributed by atoms with van der Waals surface area (Å²) in [5.74, 6) is -0.257. The molecular weight excluding hydrogens is 282 g/mol. The Labute approximate surface area is 114 Å². The van der Waals surface area contributed by atoms with Crippen LogP contribution < -0.4 is 5.32 Å². The molecule has 1 aromatic heterocycles. The van der Waals surface area contributed by atoms with Gasteiger partial charge in [0.05, 0.1) is 11.4 Å². The van der Waals surface area contributed by atoms with E-state index < -0.39 is 15.7 Å². The smallest absolute Gasteiger partial charge is 0.245 e. The van der Waals surface area contributed by atoms with Crippen LogP contribution in [0.3, 0.4) is 0 Å². The number of hydrogen-bond acceptors (Lipinski definition) is 6. The zero-order chi connectivity index (χ0) is 14.4. The fraction of sp³-hybridized carbons (Fsp3) is 0.0909. The number of H-pyrrole nitrogens is 1. The van der Waals surface area contributed by atoms with E-state index in [4.69, 9.17) is 0 Å². The standard InChI is InChI=1S/C11H11N5O3S/c17-11(12-8-10-13-15-16-14-10)6-7-20(18,19)9-4-2-1-3-5-9/h1-7H,8H2,(H,12,17)(H,13,14,15,16). The first-order chi connectivity index (χ1) is 9.58. The van der Waals surface area contributed by atoms with Crippen molar-refractivity contribution < 1.29 is 13.2 Å².